The van der Waals surface area contributed by atoms with E-state index >= 15 is 0 Å². The first kappa shape index (κ1) is 17.9. The third kappa shape index (κ3) is 4.21. The average Bonchev–Trinajstić information content (AvgIpc) is 2.99. The van der Waals surface area contributed by atoms with Crippen LogP contribution in [0.2, 0.25) is 5.02 Å². The molecule has 2 aromatic rings. The van der Waals surface area contributed by atoms with Crippen molar-refractivity contribution in [3.05, 3.63) is 64.7 Å². The SMILES string of the molecule is C[C@@H](NS(=O)(=O)Cc1ccc(Cl)cc1)C(=O)N1CCc2ccccc21. The van der Waals surface area contributed by atoms with Crippen molar-refractivity contribution in [2.24, 2.45) is 0 Å². The molecule has 0 bridgehead atoms. The van der Waals surface area contributed by atoms with Gasteiger partial charge in [0.25, 0.3) is 0 Å². The average molecular weight is 379 g/mol. The number of nitrogens with one attached hydrogen (secondary N) is 1. The topological polar surface area (TPSA) is 66.5 Å². The highest BCUT2D eigenvalue weighted by Crippen LogP contribution is 2.28. The lowest BCUT2D eigenvalue weighted by Crippen LogP contribution is -2.46. The Labute approximate surface area is 152 Å². The molecular weight excluding hydrogens is 360 g/mol. The lowest BCUT2D eigenvalue weighted by atomic mass is 10.2. The second-order valence-electron chi connectivity index (χ2n) is 6.09. The van der Waals surface area contributed by atoms with Crippen LogP contribution in [0, 0.1) is 0 Å². The van der Waals surface area contributed by atoms with Gasteiger partial charge in [0.15, 0.2) is 0 Å². The molecule has 1 heterocycles. The third-order valence-corrected chi connectivity index (χ3v) is 5.83. The summed E-state index contributed by atoms with van der Waals surface area (Å²) in [7, 11) is -3.64. The largest absolute Gasteiger partial charge is 0.310 e. The van der Waals surface area contributed by atoms with E-state index in [2.05, 4.69) is 4.72 Å². The number of carbonyl (C=O) groups is 1. The summed E-state index contributed by atoms with van der Waals surface area (Å²) >= 11 is 5.81. The minimum Gasteiger partial charge on any atom is -0.310 e. The van der Waals surface area contributed by atoms with Gasteiger partial charge < -0.3 is 4.90 Å². The minimum absolute atomic E-state index is 0.196. The van der Waals surface area contributed by atoms with Crippen LogP contribution in [-0.4, -0.2) is 26.9 Å². The quantitative estimate of drug-likeness (QED) is 0.869. The van der Waals surface area contributed by atoms with Gasteiger partial charge in [-0.15, -0.1) is 0 Å². The van der Waals surface area contributed by atoms with Crippen molar-refractivity contribution < 1.29 is 13.2 Å². The molecule has 0 fully saturated rings. The number of halogens is 1. The van der Waals surface area contributed by atoms with Crippen LogP contribution >= 0.6 is 11.6 Å². The summed E-state index contributed by atoms with van der Waals surface area (Å²) in [5, 5.41) is 0.547. The van der Waals surface area contributed by atoms with Crippen LogP contribution in [0.15, 0.2) is 48.5 Å². The van der Waals surface area contributed by atoms with Crippen LogP contribution in [0.1, 0.15) is 18.1 Å². The summed E-state index contributed by atoms with van der Waals surface area (Å²) in [5.41, 5.74) is 2.58. The molecule has 5 nitrogen and oxygen atoms in total. The van der Waals surface area contributed by atoms with Crippen molar-refractivity contribution in [3.8, 4) is 0 Å². The van der Waals surface area contributed by atoms with Crippen molar-refractivity contribution in [1.29, 1.82) is 0 Å². The number of hydrogen-bond donors (Lipinski definition) is 1. The Morgan fingerprint density at radius 2 is 1.88 bits per heavy atom. The fraction of sp³-hybridized carbons (Fsp3) is 0.278. The fourth-order valence-corrected chi connectivity index (χ4v) is 4.44. The van der Waals surface area contributed by atoms with Crippen molar-refractivity contribution in [2.45, 2.75) is 25.1 Å². The summed E-state index contributed by atoms with van der Waals surface area (Å²) in [5.74, 6) is -0.442. The lowest BCUT2D eigenvalue weighted by Gasteiger charge is -2.22. The number of hydrogen-bond acceptors (Lipinski definition) is 3. The molecule has 132 valence electrons. The number of sulfonamides is 1. The van der Waals surface area contributed by atoms with Gasteiger partial charge >= 0.3 is 0 Å². The molecule has 1 aliphatic rings. The van der Waals surface area contributed by atoms with Gasteiger partial charge in [0, 0.05) is 17.3 Å². The highest BCUT2D eigenvalue weighted by molar-refractivity contribution is 7.88. The molecule has 1 aliphatic heterocycles. The summed E-state index contributed by atoms with van der Waals surface area (Å²) in [6.45, 7) is 2.14. The molecule has 0 aliphatic carbocycles. The Morgan fingerprint density at radius 1 is 1.20 bits per heavy atom. The molecule has 0 spiro atoms. The van der Waals surface area contributed by atoms with Crippen molar-refractivity contribution >= 4 is 33.2 Å². The zero-order valence-electron chi connectivity index (χ0n) is 13.8. The zero-order valence-corrected chi connectivity index (χ0v) is 15.3. The molecule has 0 radical (unpaired) electrons. The molecule has 1 N–H and O–H groups in total. The van der Waals surface area contributed by atoms with Crippen molar-refractivity contribution in [1.82, 2.24) is 4.72 Å². The maximum absolute atomic E-state index is 12.7. The van der Waals surface area contributed by atoms with E-state index in [1.165, 1.54) is 0 Å². The first-order valence-corrected chi connectivity index (χ1v) is 10.0. The smallest absolute Gasteiger partial charge is 0.244 e. The molecule has 0 saturated heterocycles. The maximum atomic E-state index is 12.7. The number of anilines is 1. The van der Waals surface area contributed by atoms with E-state index in [-0.39, 0.29) is 11.7 Å². The van der Waals surface area contributed by atoms with E-state index in [9.17, 15) is 13.2 Å². The zero-order chi connectivity index (χ0) is 18.0. The Bertz CT molecular complexity index is 881. The molecule has 0 unspecified atom stereocenters. The van der Waals surface area contributed by atoms with Crippen molar-refractivity contribution in [3.63, 3.8) is 0 Å². The predicted octanol–water partition coefficient (Wildman–Crippen LogP) is 2.74. The summed E-state index contributed by atoms with van der Waals surface area (Å²) in [4.78, 5) is 14.3. The molecule has 3 rings (SSSR count). The standard InChI is InChI=1S/C18H19ClN2O3S/c1-13(18(22)21-11-10-15-4-2-3-5-17(15)21)20-25(23,24)12-14-6-8-16(19)9-7-14/h2-9,13,20H,10-12H2,1H3/t13-/m1/s1. The summed E-state index contributed by atoms with van der Waals surface area (Å²) < 4.78 is 27.2. The molecule has 7 heteroatoms. The van der Waals surface area contributed by atoms with E-state index in [0.29, 0.717) is 17.1 Å². The van der Waals surface area contributed by atoms with Crippen molar-refractivity contribution in [2.75, 3.05) is 11.4 Å². The Balaban J connectivity index is 1.68. The van der Waals surface area contributed by atoms with Gasteiger partial charge in [0.2, 0.25) is 15.9 Å². The molecule has 25 heavy (non-hydrogen) atoms. The molecule has 0 saturated carbocycles. The highest BCUT2D eigenvalue weighted by atomic mass is 35.5. The van der Waals surface area contributed by atoms with Gasteiger partial charge in [0.05, 0.1) is 11.8 Å². The van der Waals surface area contributed by atoms with E-state index in [0.717, 1.165) is 17.7 Å². The molecular formula is C18H19ClN2O3S. The van der Waals surface area contributed by atoms with Gasteiger partial charge in [-0.3, -0.25) is 4.79 Å². The summed E-state index contributed by atoms with van der Waals surface area (Å²) in [6, 6.07) is 13.4. The summed E-state index contributed by atoms with van der Waals surface area (Å²) in [6.07, 6.45) is 0.784. The molecule has 1 atom stereocenters. The van der Waals surface area contributed by atoms with Gasteiger partial charge in [-0.1, -0.05) is 41.9 Å². The van der Waals surface area contributed by atoms with Crippen LogP contribution in [0.4, 0.5) is 5.69 Å². The third-order valence-electron chi connectivity index (χ3n) is 4.15. The minimum atomic E-state index is -3.64. The van der Waals surface area contributed by atoms with E-state index < -0.39 is 16.1 Å². The maximum Gasteiger partial charge on any atom is 0.244 e. The molecule has 0 aromatic heterocycles. The van der Waals surface area contributed by atoms with E-state index in [4.69, 9.17) is 11.6 Å². The van der Waals surface area contributed by atoms with E-state index in [1.54, 1.807) is 36.1 Å². The first-order valence-electron chi connectivity index (χ1n) is 7.99. The number of fused-ring (bicyclic) bond motifs is 1. The number of nitrogens with zero attached hydrogens (tertiary/aromatic N) is 1. The first-order chi connectivity index (χ1) is 11.9. The monoisotopic (exact) mass is 378 g/mol. The van der Waals surface area contributed by atoms with E-state index in [1.807, 2.05) is 24.3 Å². The normalized spacial score (nSPS) is 15.0. The van der Waals surface area contributed by atoms with Crippen LogP contribution in [0.5, 0.6) is 0 Å². The van der Waals surface area contributed by atoms with Gasteiger partial charge in [-0.05, 0) is 42.7 Å². The number of benzene rings is 2. The van der Waals surface area contributed by atoms with Gasteiger partial charge in [0.1, 0.15) is 0 Å². The van der Waals surface area contributed by atoms with Gasteiger partial charge in [-0.2, -0.15) is 0 Å². The number of para-hydroxylation sites is 1. The molecule has 1 amide bonds. The lowest BCUT2D eigenvalue weighted by molar-refractivity contribution is -0.119. The predicted molar refractivity (Wildman–Crippen MR) is 99.2 cm³/mol. The van der Waals surface area contributed by atoms with Crippen LogP contribution in [-0.2, 0) is 27.0 Å². The Kier molecular flexibility index (Phi) is 5.13. The Morgan fingerprint density at radius 3 is 2.60 bits per heavy atom. The Hall–Kier alpha value is -1.89. The second kappa shape index (κ2) is 7.15. The van der Waals surface area contributed by atoms with Crippen LogP contribution in [0.3, 0.4) is 0 Å². The fourth-order valence-electron chi connectivity index (χ4n) is 2.96. The second-order valence-corrected chi connectivity index (χ2v) is 8.28. The van der Waals surface area contributed by atoms with Gasteiger partial charge in [-0.25, -0.2) is 13.1 Å². The highest BCUT2D eigenvalue weighted by Gasteiger charge is 2.29. The number of amides is 1. The number of rotatable bonds is 5. The molecule has 2 aromatic carbocycles. The van der Waals surface area contributed by atoms with Crippen LogP contribution in [0.25, 0.3) is 0 Å². The van der Waals surface area contributed by atoms with Crippen LogP contribution < -0.4 is 9.62 Å². The number of carbonyl (C=O) groups excluding carboxylic acids is 1.